The fraction of sp³-hybridized carbons (Fsp3) is 0.294. The van der Waals surface area contributed by atoms with Crippen LogP contribution in [0.5, 0.6) is 0 Å². The van der Waals surface area contributed by atoms with E-state index in [0.29, 0.717) is 27.2 Å². The molecule has 10 heteroatoms. The highest BCUT2D eigenvalue weighted by Gasteiger charge is 2.23. The fourth-order valence-electron chi connectivity index (χ4n) is 2.81. The summed E-state index contributed by atoms with van der Waals surface area (Å²) in [6.07, 6.45) is 3.02. The molecule has 1 aliphatic heterocycles. The first-order valence-electron chi connectivity index (χ1n) is 8.34. The third-order valence-electron chi connectivity index (χ3n) is 4.08. The number of hydrazone groups is 1. The first kappa shape index (κ1) is 17.4. The van der Waals surface area contributed by atoms with Crippen molar-refractivity contribution in [3.63, 3.8) is 0 Å². The number of aliphatic carboxylic acids is 1. The molecular weight excluding hydrogens is 373 g/mol. The summed E-state index contributed by atoms with van der Waals surface area (Å²) in [5, 5.41) is 17.5. The molecule has 0 saturated carbocycles. The van der Waals surface area contributed by atoms with Crippen molar-refractivity contribution >= 4 is 33.4 Å². The van der Waals surface area contributed by atoms with Gasteiger partial charge < -0.3 is 9.84 Å². The van der Waals surface area contributed by atoms with E-state index < -0.39 is 12.2 Å². The highest BCUT2D eigenvalue weighted by atomic mass is 32.1. The predicted octanol–water partition coefficient (Wildman–Crippen LogP) is 2.60. The number of aryl methyl sites for hydroxylation is 1. The molecule has 140 valence electrons. The molecule has 0 radical (unpaired) electrons. The minimum absolute atomic E-state index is 0.120. The van der Waals surface area contributed by atoms with Gasteiger partial charge in [-0.05, 0) is 19.1 Å². The summed E-state index contributed by atoms with van der Waals surface area (Å²) < 4.78 is 22.6. The van der Waals surface area contributed by atoms with Crippen LogP contribution in [0, 0.1) is 5.82 Å². The highest BCUT2D eigenvalue weighted by molar-refractivity contribution is 7.18. The maximum absolute atomic E-state index is 15.0. The second-order valence-electron chi connectivity index (χ2n) is 5.98. The van der Waals surface area contributed by atoms with E-state index in [4.69, 9.17) is 9.84 Å². The van der Waals surface area contributed by atoms with E-state index >= 15 is 0 Å². The molecule has 1 unspecified atom stereocenters. The minimum atomic E-state index is -1.02. The second-order valence-corrected chi connectivity index (χ2v) is 7.07. The number of rotatable bonds is 6. The fourth-order valence-corrected chi connectivity index (χ4v) is 3.84. The van der Waals surface area contributed by atoms with E-state index in [1.807, 2.05) is 13.1 Å². The van der Waals surface area contributed by atoms with Crippen molar-refractivity contribution in [1.29, 1.82) is 0 Å². The zero-order valence-electron chi connectivity index (χ0n) is 14.3. The Bertz CT molecular complexity index is 1040. The van der Waals surface area contributed by atoms with E-state index in [1.54, 1.807) is 23.0 Å². The molecule has 0 saturated heterocycles. The molecule has 3 aromatic rings. The maximum Gasteiger partial charge on any atom is 0.312 e. The SMILES string of the molecule is CCn1cc(-c2ccc3nc(CC4NN=C(CC(=O)O)O4)sc3c2F)cn1. The Labute approximate surface area is 157 Å². The number of hydrogen-bond acceptors (Lipinski definition) is 7. The van der Waals surface area contributed by atoms with E-state index in [0.717, 1.165) is 12.1 Å². The van der Waals surface area contributed by atoms with Crippen LogP contribution in [0.4, 0.5) is 4.39 Å². The number of hydrogen-bond donors (Lipinski definition) is 2. The number of carboxylic acids is 1. The van der Waals surface area contributed by atoms with Crippen molar-refractivity contribution in [2.24, 2.45) is 5.10 Å². The summed E-state index contributed by atoms with van der Waals surface area (Å²) in [5.74, 6) is -1.22. The van der Waals surface area contributed by atoms with Gasteiger partial charge in [0.1, 0.15) is 6.42 Å². The Balaban J connectivity index is 1.54. The zero-order valence-corrected chi connectivity index (χ0v) is 15.2. The Kier molecular flexibility index (Phi) is 4.48. The molecule has 2 N–H and O–H groups in total. The van der Waals surface area contributed by atoms with Crippen LogP contribution >= 0.6 is 11.3 Å². The molecule has 1 aliphatic rings. The Morgan fingerprint density at radius 3 is 3.07 bits per heavy atom. The van der Waals surface area contributed by atoms with Gasteiger partial charge in [-0.25, -0.2) is 9.37 Å². The molecule has 8 nitrogen and oxygen atoms in total. The number of carbonyl (C=O) groups is 1. The van der Waals surface area contributed by atoms with Crippen molar-refractivity contribution < 1.29 is 19.0 Å². The van der Waals surface area contributed by atoms with Crippen molar-refractivity contribution in [2.75, 3.05) is 0 Å². The van der Waals surface area contributed by atoms with Crippen LogP contribution in [0.2, 0.25) is 0 Å². The van der Waals surface area contributed by atoms with Gasteiger partial charge in [-0.3, -0.25) is 14.9 Å². The quantitative estimate of drug-likeness (QED) is 0.672. The number of nitrogens with one attached hydrogen (secondary N) is 1. The monoisotopic (exact) mass is 389 g/mol. The molecule has 0 aliphatic carbocycles. The number of aromatic nitrogens is 3. The topological polar surface area (TPSA) is 102 Å². The summed E-state index contributed by atoms with van der Waals surface area (Å²) in [6.45, 7) is 2.69. The average molecular weight is 389 g/mol. The Morgan fingerprint density at radius 1 is 1.48 bits per heavy atom. The standard InChI is InChI=1S/C17H16FN5O3S/c1-2-23-8-9(7-19-23)10-3-4-11-17(16(10)18)27-14(20-11)5-12-21-22-13(26-12)6-15(24)25/h3-4,7-8,12,21H,2,5-6H2,1H3,(H,24,25). The first-order chi connectivity index (χ1) is 13.0. The number of carboxylic acid groups (broad SMARTS) is 1. The van der Waals surface area contributed by atoms with Gasteiger partial charge in [0.15, 0.2) is 12.0 Å². The van der Waals surface area contributed by atoms with Gasteiger partial charge in [-0.1, -0.05) is 0 Å². The Hall–Kier alpha value is -3.01. The number of benzene rings is 1. The summed E-state index contributed by atoms with van der Waals surface area (Å²) in [4.78, 5) is 15.1. The average Bonchev–Trinajstić information content (AvgIpc) is 3.35. The van der Waals surface area contributed by atoms with Crippen molar-refractivity contribution in [1.82, 2.24) is 20.2 Å². The van der Waals surface area contributed by atoms with Gasteiger partial charge in [0, 0.05) is 23.9 Å². The third-order valence-corrected chi connectivity index (χ3v) is 5.17. The van der Waals surface area contributed by atoms with Crippen molar-refractivity contribution in [3.05, 3.63) is 35.4 Å². The smallest absolute Gasteiger partial charge is 0.312 e. The molecule has 1 atom stereocenters. The highest BCUT2D eigenvalue weighted by Crippen LogP contribution is 2.32. The van der Waals surface area contributed by atoms with Gasteiger partial charge in [-0.15, -0.1) is 16.4 Å². The van der Waals surface area contributed by atoms with Gasteiger partial charge in [0.25, 0.3) is 0 Å². The van der Waals surface area contributed by atoms with Crippen LogP contribution in [0.1, 0.15) is 18.4 Å². The largest absolute Gasteiger partial charge is 0.481 e. The van der Waals surface area contributed by atoms with E-state index in [2.05, 4.69) is 20.6 Å². The number of fused-ring (bicyclic) bond motifs is 1. The molecule has 0 amide bonds. The molecule has 4 rings (SSSR count). The van der Waals surface area contributed by atoms with Gasteiger partial charge in [0.05, 0.1) is 27.8 Å². The van der Waals surface area contributed by atoms with Gasteiger partial charge in [-0.2, -0.15) is 5.10 Å². The van der Waals surface area contributed by atoms with Gasteiger partial charge in [0.2, 0.25) is 5.90 Å². The van der Waals surface area contributed by atoms with Crippen LogP contribution in [0.25, 0.3) is 21.3 Å². The zero-order chi connectivity index (χ0) is 19.0. The maximum atomic E-state index is 15.0. The minimum Gasteiger partial charge on any atom is -0.481 e. The predicted molar refractivity (Wildman–Crippen MR) is 97.9 cm³/mol. The van der Waals surface area contributed by atoms with Crippen LogP contribution in [0.15, 0.2) is 29.6 Å². The number of thiazole rings is 1. The Morgan fingerprint density at radius 2 is 2.33 bits per heavy atom. The number of ether oxygens (including phenoxy) is 1. The summed E-state index contributed by atoms with van der Waals surface area (Å²) in [6, 6.07) is 3.49. The lowest BCUT2D eigenvalue weighted by atomic mass is 10.1. The molecule has 0 spiro atoms. The van der Waals surface area contributed by atoms with E-state index in [1.165, 1.54) is 11.3 Å². The molecule has 2 aromatic heterocycles. The lowest BCUT2D eigenvalue weighted by Crippen LogP contribution is -2.24. The van der Waals surface area contributed by atoms with Crippen LogP contribution in [-0.2, 0) is 22.5 Å². The van der Waals surface area contributed by atoms with Crippen LogP contribution < -0.4 is 5.43 Å². The summed E-state index contributed by atoms with van der Waals surface area (Å²) in [7, 11) is 0. The molecule has 0 fully saturated rings. The molecule has 1 aromatic carbocycles. The second kappa shape index (κ2) is 6.95. The van der Waals surface area contributed by atoms with E-state index in [-0.39, 0.29) is 18.1 Å². The lowest BCUT2D eigenvalue weighted by Gasteiger charge is -2.08. The number of halogens is 1. The molecule has 0 bridgehead atoms. The molecule has 27 heavy (non-hydrogen) atoms. The van der Waals surface area contributed by atoms with E-state index in [9.17, 15) is 9.18 Å². The normalized spacial score (nSPS) is 16.2. The molecule has 3 heterocycles. The first-order valence-corrected chi connectivity index (χ1v) is 9.16. The third kappa shape index (κ3) is 3.47. The van der Waals surface area contributed by atoms with Crippen molar-refractivity contribution in [3.8, 4) is 11.1 Å². The number of nitrogens with zero attached hydrogens (tertiary/aromatic N) is 4. The van der Waals surface area contributed by atoms with Crippen molar-refractivity contribution in [2.45, 2.75) is 32.5 Å². The molecular formula is C17H16FN5O3S. The lowest BCUT2D eigenvalue weighted by molar-refractivity contribution is -0.135. The van der Waals surface area contributed by atoms with Crippen LogP contribution in [-0.4, -0.2) is 38.0 Å². The van der Waals surface area contributed by atoms with Crippen LogP contribution in [0.3, 0.4) is 0 Å². The summed E-state index contributed by atoms with van der Waals surface area (Å²) >= 11 is 1.25. The summed E-state index contributed by atoms with van der Waals surface area (Å²) in [5.41, 5.74) is 4.51. The van der Waals surface area contributed by atoms with Gasteiger partial charge >= 0.3 is 5.97 Å².